The number of carbonyl (C=O) groups is 1. The van der Waals surface area contributed by atoms with Crippen molar-refractivity contribution in [1.29, 1.82) is 0 Å². The molecule has 8 nitrogen and oxygen atoms in total. The highest BCUT2D eigenvalue weighted by atomic mass is 32.2. The molecule has 0 amide bonds. The number of hydrogen-bond acceptors (Lipinski definition) is 6. The van der Waals surface area contributed by atoms with E-state index in [9.17, 15) is 18.3 Å². The van der Waals surface area contributed by atoms with Gasteiger partial charge in [0, 0.05) is 30.4 Å². The molecule has 1 fully saturated rings. The summed E-state index contributed by atoms with van der Waals surface area (Å²) in [6.07, 6.45) is -0.692. The maximum absolute atomic E-state index is 12.8. The Labute approximate surface area is 174 Å². The molecule has 2 aliphatic rings. The lowest BCUT2D eigenvalue weighted by Gasteiger charge is -2.21. The summed E-state index contributed by atoms with van der Waals surface area (Å²) in [7, 11) is -3.73. The van der Waals surface area contributed by atoms with Crippen molar-refractivity contribution in [2.45, 2.75) is 36.4 Å². The molecule has 0 spiro atoms. The molecule has 9 heteroatoms. The molecule has 0 radical (unpaired) electrons. The van der Waals surface area contributed by atoms with E-state index >= 15 is 0 Å². The Morgan fingerprint density at radius 2 is 2.00 bits per heavy atom. The van der Waals surface area contributed by atoms with Crippen LogP contribution in [-0.2, 0) is 14.8 Å². The largest absolute Gasteiger partial charge is 0.485 e. The fourth-order valence-electron chi connectivity index (χ4n) is 4.36. The molecule has 4 atom stereocenters. The maximum atomic E-state index is 12.8. The van der Waals surface area contributed by atoms with E-state index in [1.165, 1.54) is 0 Å². The first-order chi connectivity index (χ1) is 14.3. The SMILES string of the molecule is Cc1ccccc1S(=O)(=O)NCC1C(O)CC2Oc3c(OCC(=O)O)cccc3C21. The molecule has 1 aliphatic carbocycles. The number of aliphatic carboxylic acids is 1. The van der Waals surface area contributed by atoms with Crippen molar-refractivity contribution >= 4 is 16.0 Å². The molecule has 4 unspecified atom stereocenters. The number of rotatable bonds is 7. The highest BCUT2D eigenvalue weighted by Crippen LogP contribution is 2.53. The average molecular weight is 433 g/mol. The van der Waals surface area contributed by atoms with Crippen LogP contribution >= 0.6 is 0 Å². The van der Waals surface area contributed by atoms with Crippen LogP contribution < -0.4 is 14.2 Å². The monoisotopic (exact) mass is 433 g/mol. The van der Waals surface area contributed by atoms with Gasteiger partial charge in [-0.2, -0.15) is 0 Å². The predicted molar refractivity (Wildman–Crippen MR) is 107 cm³/mol. The van der Waals surface area contributed by atoms with Gasteiger partial charge < -0.3 is 19.7 Å². The van der Waals surface area contributed by atoms with E-state index in [1.807, 2.05) is 6.07 Å². The van der Waals surface area contributed by atoms with E-state index in [0.29, 0.717) is 23.5 Å². The van der Waals surface area contributed by atoms with Crippen LogP contribution in [0.3, 0.4) is 0 Å². The highest BCUT2D eigenvalue weighted by molar-refractivity contribution is 7.89. The van der Waals surface area contributed by atoms with Crippen molar-refractivity contribution in [3.8, 4) is 11.5 Å². The number of aryl methyl sites for hydroxylation is 1. The first-order valence-electron chi connectivity index (χ1n) is 9.65. The third kappa shape index (κ3) is 3.76. The standard InChI is InChI=1S/C21H23NO7S/c1-12-5-2-3-8-18(12)30(26,27)22-10-14-15(23)9-17-20(14)13-6-4-7-16(21(13)29-17)28-11-19(24)25/h2-8,14-15,17,20,22-23H,9-11H2,1H3,(H,24,25). The molecule has 0 aromatic heterocycles. The Morgan fingerprint density at radius 3 is 2.73 bits per heavy atom. The van der Waals surface area contributed by atoms with Crippen molar-refractivity contribution in [1.82, 2.24) is 4.72 Å². The lowest BCUT2D eigenvalue weighted by atomic mass is 9.88. The van der Waals surface area contributed by atoms with E-state index in [1.54, 1.807) is 43.3 Å². The second-order valence-corrected chi connectivity index (χ2v) is 9.36. The Hall–Kier alpha value is -2.62. The van der Waals surface area contributed by atoms with Crippen LogP contribution in [0.1, 0.15) is 23.5 Å². The molecule has 1 saturated carbocycles. The van der Waals surface area contributed by atoms with Gasteiger partial charge in [-0.3, -0.25) is 0 Å². The fourth-order valence-corrected chi connectivity index (χ4v) is 5.67. The minimum atomic E-state index is -3.73. The number of para-hydroxylation sites is 1. The number of benzene rings is 2. The molecule has 1 aliphatic heterocycles. The number of sulfonamides is 1. The van der Waals surface area contributed by atoms with Gasteiger partial charge in [-0.15, -0.1) is 0 Å². The van der Waals surface area contributed by atoms with E-state index in [-0.39, 0.29) is 29.4 Å². The van der Waals surface area contributed by atoms with Gasteiger partial charge in [0.2, 0.25) is 10.0 Å². The number of ether oxygens (including phenoxy) is 2. The summed E-state index contributed by atoms with van der Waals surface area (Å²) in [5, 5.41) is 19.4. The summed E-state index contributed by atoms with van der Waals surface area (Å²) >= 11 is 0. The second kappa shape index (κ2) is 7.90. The quantitative estimate of drug-likeness (QED) is 0.607. The minimum absolute atomic E-state index is 0.0576. The van der Waals surface area contributed by atoms with E-state index in [2.05, 4.69) is 4.72 Å². The van der Waals surface area contributed by atoms with Gasteiger partial charge >= 0.3 is 5.97 Å². The Morgan fingerprint density at radius 1 is 1.23 bits per heavy atom. The van der Waals surface area contributed by atoms with Gasteiger partial charge in [0.1, 0.15) is 6.10 Å². The van der Waals surface area contributed by atoms with Crippen LogP contribution in [0, 0.1) is 12.8 Å². The number of carboxylic acids is 1. The Bertz CT molecular complexity index is 1070. The van der Waals surface area contributed by atoms with E-state index < -0.39 is 28.7 Å². The normalized spacial score (nSPS) is 24.7. The molecular formula is C21H23NO7S. The number of carboxylic acid groups (broad SMARTS) is 1. The summed E-state index contributed by atoms with van der Waals surface area (Å²) in [5.74, 6) is -0.900. The highest BCUT2D eigenvalue weighted by Gasteiger charge is 2.50. The van der Waals surface area contributed by atoms with Crippen LogP contribution in [-0.4, -0.2) is 50.0 Å². The molecule has 160 valence electrons. The van der Waals surface area contributed by atoms with Crippen LogP contribution in [0.15, 0.2) is 47.4 Å². The molecular weight excluding hydrogens is 410 g/mol. The van der Waals surface area contributed by atoms with Gasteiger partial charge in [0.25, 0.3) is 0 Å². The zero-order valence-electron chi connectivity index (χ0n) is 16.3. The maximum Gasteiger partial charge on any atom is 0.341 e. The molecule has 0 saturated heterocycles. The number of hydrogen-bond donors (Lipinski definition) is 3. The zero-order valence-corrected chi connectivity index (χ0v) is 17.1. The number of fused-ring (bicyclic) bond motifs is 3. The van der Waals surface area contributed by atoms with Crippen LogP contribution in [0.4, 0.5) is 0 Å². The molecule has 30 heavy (non-hydrogen) atoms. The van der Waals surface area contributed by atoms with Gasteiger partial charge in [-0.05, 0) is 24.6 Å². The first-order valence-corrected chi connectivity index (χ1v) is 11.1. The van der Waals surface area contributed by atoms with Crippen LogP contribution in [0.5, 0.6) is 11.5 Å². The van der Waals surface area contributed by atoms with Crippen molar-refractivity contribution in [2.24, 2.45) is 5.92 Å². The smallest absolute Gasteiger partial charge is 0.341 e. The van der Waals surface area contributed by atoms with Gasteiger partial charge in [0.15, 0.2) is 18.1 Å². The summed E-state index contributed by atoms with van der Waals surface area (Å²) < 4.78 is 39.4. The molecule has 2 aromatic rings. The molecule has 4 rings (SSSR count). The van der Waals surface area contributed by atoms with Gasteiger partial charge in [-0.1, -0.05) is 30.3 Å². The zero-order chi connectivity index (χ0) is 21.5. The first kappa shape index (κ1) is 20.6. The topological polar surface area (TPSA) is 122 Å². The Kier molecular flexibility index (Phi) is 5.44. The van der Waals surface area contributed by atoms with Crippen molar-refractivity contribution in [2.75, 3.05) is 13.2 Å². The van der Waals surface area contributed by atoms with Gasteiger partial charge in [0.05, 0.1) is 11.0 Å². The summed E-state index contributed by atoms with van der Waals surface area (Å²) in [6, 6.07) is 11.9. The number of aliphatic hydroxyl groups is 1. The second-order valence-electron chi connectivity index (χ2n) is 7.62. The Balaban J connectivity index is 1.55. The number of nitrogens with one attached hydrogen (secondary N) is 1. The minimum Gasteiger partial charge on any atom is -0.485 e. The third-order valence-corrected chi connectivity index (χ3v) is 7.29. The lowest BCUT2D eigenvalue weighted by Crippen LogP contribution is -2.35. The number of aliphatic hydroxyl groups excluding tert-OH is 1. The van der Waals surface area contributed by atoms with E-state index in [0.717, 1.165) is 5.56 Å². The molecule has 2 aromatic carbocycles. The molecule has 1 heterocycles. The summed E-state index contributed by atoms with van der Waals surface area (Å²) in [4.78, 5) is 11.0. The van der Waals surface area contributed by atoms with Gasteiger partial charge in [-0.25, -0.2) is 17.9 Å². The lowest BCUT2D eigenvalue weighted by molar-refractivity contribution is -0.139. The van der Waals surface area contributed by atoms with Crippen molar-refractivity contribution in [3.63, 3.8) is 0 Å². The van der Waals surface area contributed by atoms with Crippen LogP contribution in [0.25, 0.3) is 0 Å². The third-order valence-electron chi connectivity index (χ3n) is 5.71. The molecule has 0 bridgehead atoms. The van der Waals surface area contributed by atoms with Crippen molar-refractivity contribution < 1.29 is 32.9 Å². The van der Waals surface area contributed by atoms with Crippen LogP contribution in [0.2, 0.25) is 0 Å². The summed E-state index contributed by atoms with van der Waals surface area (Å²) in [6.45, 7) is 1.30. The van der Waals surface area contributed by atoms with E-state index in [4.69, 9.17) is 14.6 Å². The summed E-state index contributed by atoms with van der Waals surface area (Å²) in [5.41, 5.74) is 1.43. The predicted octanol–water partition coefficient (Wildman–Crippen LogP) is 1.66. The van der Waals surface area contributed by atoms with Crippen molar-refractivity contribution in [3.05, 3.63) is 53.6 Å². The average Bonchev–Trinajstić information content (AvgIpc) is 3.20. The fraction of sp³-hybridized carbons (Fsp3) is 0.381. The molecule has 3 N–H and O–H groups in total.